The maximum Gasteiger partial charge on any atom is 0.217 e. The predicted octanol–water partition coefficient (Wildman–Crippen LogP) is 6.31. The van der Waals surface area contributed by atoms with Gasteiger partial charge < -0.3 is 0 Å². The number of nitrogens with one attached hydrogen (secondary N) is 1. The van der Waals surface area contributed by atoms with Crippen molar-refractivity contribution in [1.82, 2.24) is 13.2 Å². The van der Waals surface area contributed by atoms with Crippen LogP contribution in [-0.4, -0.2) is 37.5 Å². The number of benzene rings is 5. The fourth-order valence-electron chi connectivity index (χ4n) is 6.36. The van der Waals surface area contributed by atoms with E-state index in [-0.39, 0.29) is 0 Å². The van der Waals surface area contributed by atoms with Crippen LogP contribution >= 0.6 is 8.37 Å². The SMILES string of the molecule is CS(=O)(=O)N1[C@@H]2c3ccc4ccccc4c3-c3c(ccc4ccccc34)[C@H]2N(S(C)(=O)=O)P1NCc1ccccc1. The molecule has 1 fully saturated rings. The van der Waals surface area contributed by atoms with Crippen LogP contribution in [0.3, 0.4) is 0 Å². The van der Waals surface area contributed by atoms with Crippen LogP contribution in [0, 0.1) is 0 Å². The number of fused-ring (bicyclic) bond motifs is 10. The van der Waals surface area contributed by atoms with Crippen molar-refractivity contribution in [3.63, 3.8) is 0 Å². The van der Waals surface area contributed by atoms with E-state index in [0.29, 0.717) is 6.54 Å². The van der Waals surface area contributed by atoms with E-state index in [1.165, 1.54) is 20.7 Å². The summed E-state index contributed by atoms with van der Waals surface area (Å²) in [5.41, 5.74) is 4.46. The second-order valence-electron chi connectivity index (χ2n) is 10.6. The Morgan fingerprint density at radius 3 is 1.51 bits per heavy atom. The molecule has 208 valence electrons. The van der Waals surface area contributed by atoms with Crippen LogP contribution in [0.1, 0.15) is 28.8 Å². The Hall–Kier alpha value is -3.17. The Bertz CT molecular complexity index is 1930. The lowest BCUT2D eigenvalue weighted by atomic mass is 9.76. The van der Waals surface area contributed by atoms with E-state index in [1.54, 1.807) is 0 Å². The second-order valence-corrected chi connectivity index (χ2v) is 16.6. The summed E-state index contributed by atoms with van der Waals surface area (Å²) < 4.78 is 57.5. The summed E-state index contributed by atoms with van der Waals surface area (Å²) in [7, 11) is -9.75. The predicted molar refractivity (Wildman–Crippen MR) is 166 cm³/mol. The first kappa shape index (κ1) is 26.7. The summed E-state index contributed by atoms with van der Waals surface area (Å²) in [6.07, 6.45) is 2.35. The van der Waals surface area contributed by atoms with Crippen LogP contribution in [-0.2, 0) is 26.6 Å². The molecule has 7 rings (SSSR count). The normalized spacial score (nSPS) is 19.8. The molecule has 0 spiro atoms. The lowest BCUT2D eigenvalue weighted by molar-refractivity contribution is 0.377. The molecular weight excluding hydrogens is 573 g/mol. The summed E-state index contributed by atoms with van der Waals surface area (Å²) in [4.78, 5) is 0. The number of hydrogen-bond donors (Lipinski definition) is 1. The lowest BCUT2D eigenvalue weighted by Crippen LogP contribution is -2.32. The van der Waals surface area contributed by atoms with Crippen LogP contribution in [0.2, 0.25) is 0 Å². The molecule has 0 bridgehead atoms. The molecule has 5 aromatic rings. The third-order valence-corrected chi connectivity index (χ3v) is 14.1. The van der Waals surface area contributed by atoms with Gasteiger partial charge in [-0.15, -0.1) is 8.15 Å². The lowest BCUT2D eigenvalue weighted by Gasteiger charge is -2.35. The number of sulfonamides is 2. The van der Waals surface area contributed by atoms with Crippen LogP contribution in [0.5, 0.6) is 0 Å². The highest BCUT2D eigenvalue weighted by atomic mass is 32.2. The number of rotatable bonds is 5. The van der Waals surface area contributed by atoms with E-state index in [2.05, 4.69) is 17.2 Å². The Morgan fingerprint density at radius 2 is 1.05 bits per heavy atom. The third-order valence-electron chi connectivity index (χ3n) is 7.91. The zero-order chi connectivity index (χ0) is 28.5. The Morgan fingerprint density at radius 1 is 0.610 bits per heavy atom. The summed E-state index contributed by atoms with van der Waals surface area (Å²) in [6, 6.07) is 32.3. The number of hydrogen-bond acceptors (Lipinski definition) is 5. The summed E-state index contributed by atoms with van der Waals surface area (Å²) in [5.74, 6) is 0. The minimum atomic E-state index is -3.87. The summed E-state index contributed by atoms with van der Waals surface area (Å²) in [6.45, 7) is 0.319. The van der Waals surface area contributed by atoms with Crippen molar-refractivity contribution in [3.8, 4) is 11.1 Å². The second kappa shape index (κ2) is 9.70. The molecule has 5 aromatic carbocycles. The maximum absolute atomic E-state index is 13.7. The first-order valence-electron chi connectivity index (χ1n) is 13.2. The highest BCUT2D eigenvalue weighted by molar-refractivity contribution is 7.98. The molecule has 0 amide bonds. The maximum atomic E-state index is 13.7. The Kier molecular flexibility index (Phi) is 6.32. The van der Waals surface area contributed by atoms with E-state index >= 15 is 0 Å². The molecule has 0 unspecified atom stereocenters. The Balaban J connectivity index is 1.55. The summed E-state index contributed by atoms with van der Waals surface area (Å²) in [5, 5.41) is 7.46. The van der Waals surface area contributed by atoms with Crippen molar-refractivity contribution < 1.29 is 16.8 Å². The average Bonchev–Trinajstić information content (AvgIpc) is 3.33. The zero-order valence-electron chi connectivity index (χ0n) is 22.5. The molecule has 0 saturated carbocycles. The van der Waals surface area contributed by atoms with Gasteiger partial charge in [-0.1, -0.05) is 103 Å². The van der Waals surface area contributed by atoms with E-state index in [9.17, 15) is 16.8 Å². The van der Waals surface area contributed by atoms with Gasteiger partial charge in [0.15, 0.2) is 0 Å². The molecule has 1 N–H and O–H groups in total. The molecule has 41 heavy (non-hydrogen) atoms. The quantitative estimate of drug-likeness (QED) is 0.239. The highest BCUT2D eigenvalue weighted by Crippen LogP contribution is 2.68. The fourth-order valence-corrected chi connectivity index (χ4v) is 12.6. The minimum absolute atomic E-state index is 0.319. The van der Waals surface area contributed by atoms with Gasteiger partial charge in [-0.2, -0.15) is 0 Å². The van der Waals surface area contributed by atoms with Gasteiger partial charge in [-0.3, -0.25) is 5.09 Å². The van der Waals surface area contributed by atoms with Crippen LogP contribution in [0.25, 0.3) is 32.7 Å². The largest absolute Gasteiger partial charge is 0.265 e. The van der Waals surface area contributed by atoms with Crippen molar-refractivity contribution in [2.45, 2.75) is 18.6 Å². The molecular formula is C31H28N3O4PS2. The smallest absolute Gasteiger partial charge is 0.217 e. The summed E-state index contributed by atoms with van der Waals surface area (Å²) >= 11 is 0. The Labute approximate surface area is 241 Å². The van der Waals surface area contributed by atoms with Crippen molar-refractivity contribution in [3.05, 3.63) is 120 Å². The van der Waals surface area contributed by atoms with E-state index < -0.39 is 40.5 Å². The molecule has 0 aromatic heterocycles. The molecule has 2 aliphatic rings. The molecule has 7 nitrogen and oxygen atoms in total. The standard InChI is InChI=1S/C31H28N3O4PS2/c1-40(35,36)33-30-26-18-16-22-12-6-8-14-24(22)28(26)29-25-15-9-7-13-23(25)17-19-27(29)31(30)34(41(2,37)38)39(33)32-20-21-10-4-3-5-11-21/h3-19,30-32H,20H2,1-2H3/t30-,31-/m1/s1. The van der Waals surface area contributed by atoms with Gasteiger partial charge in [0.05, 0.1) is 24.6 Å². The van der Waals surface area contributed by atoms with Crippen LogP contribution in [0.4, 0.5) is 0 Å². The zero-order valence-corrected chi connectivity index (χ0v) is 25.0. The van der Waals surface area contributed by atoms with E-state index in [0.717, 1.165) is 49.4 Å². The van der Waals surface area contributed by atoms with Gasteiger partial charge in [0.25, 0.3) is 0 Å². The van der Waals surface area contributed by atoms with Crippen molar-refractivity contribution in [1.29, 1.82) is 0 Å². The molecule has 1 saturated heterocycles. The van der Waals surface area contributed by atoms with E-state index in [1.807, 2.05) is 91.0 Å². The molecule has 1 heterocycles. The topological polar surface area (TPSA) is 86.8 Å². The third kappa shape index (κ3) is 4.31. The molecule has 1 aliphatic carbocycles. The monoisotopic (exact) mass is 601 g/mol. The van der Waals surface area contributed by atoms with Crippen LogP contribution in [0.15, 0.2) is 103 Å². The van der Waals surface area contributed by atoms with Crippen molar-refractivity contribution >= 4 is 50.0 Å². The fraction of sp³-hybridized carbons (Fsp3) is 0.161. The first-order chi connectivity index (χ1) is 19.6. The molecule has 2 atom stereocenters. The van der Waals surface area contributed by atoms with Gasteiger partial charge in [-0.05, 0) is 49.4 Å². The highest BCUT2D eigenvalue weighted by Gasteiger charge is 2.59. The van der Waals surface area contributed by atoms with Gasteiger partial charge in [0.2, 0.25) is 20.0 Å². The number of nitrogens with zero attached hydrogens (tertiary/aromatic N) is 2. The van der Waals surface area contributed by atoms with Gasteiger partial charge in [0.1, 0.15) is 8.37 Å². The van der Waals surface area contributed by atoms with Crippen molar-refractivity contribution in [2.75, 3.05) is 12.5 Å². The van der Waals surface area contributed by atoms with Crippen molar-refractivity contribution in [2.24, 2.45) is 0 Å². The molecule has 1 aliphatic heterocycles. The van der Waals surface area contributed by atoms with Crippen LogP contribution < -0.4 is 5.09 Å². The first-order valence-corrected chi connectivity index (χ1v) is 18.2. The molecule has 10 heteroatoms. The average molecular weight is 602 g/mol. The van der Waals surface area contributed by atoms with E-state index in [4.69, 9.17) is 0 Å². The minimum Gasteiger partial charge on any atom is -0.265 e. The van der Waals surface area contributed by atoms with Gasteiger partial charge >= 0.3 is 0 Å². The van der Waals surface area contributed by atoms with Gasteiger partial charge in [0, 0.05) is 6.54 Å². The molecule has 0 radical (unpaired) electrons. The van der Waals surface area contributed by atoms with Gasteiger partial charge in [-0.25, -0.2) is 16.8 Å².